The van der Waals surface area contributed by atoms with Crippen molar-refractivity contribution in [3.05, 3.63) is 0 Å². The van der Waals surface area contributed by atoms with Gasteiger partial charge in [-0.1, -0.05) is 20.3 Å². The van der Waals surface area contributed by atoms with Crippen LogP contribution in [0, 0.1) is 5.92 Å². The van der Waals surface area contributed by atoms with Gasteiger partial charge >= 0.3 is 0 Å². The fraction of sp³-hybridized carbons (Fsp3) is 1.00. The van der Waals surface area contributed by atoms with Gasteiger partial charge in [-0.05, 0) is 38.3 Å². The van der Waals surface area contributed by atoms with Crippen molar-refractivity contribution in [3.63, 3.8) is 0 Å². The first-order chi connectivity index (χ1) is 6.79. The van der Waals surface area contributed by atoms with E-state index in [0.717, 1.165) is 19.1 Å². The lowest BCUT2D eigenvalue weighted by Crippen LogP contribution is -2.60. The predicted molar refractivity (Wildman–Crippen MR) is 58.4 cm³/mol. The van der Waals surface area contributed by atoms with Crippen molar-refractivity contribution in [3.8, 4) is 0 Å². The van der Waals surface area contributed by atoms with Crippen LogP contribution in [0.5, 0.6) is 0 Å². The summed E-state index contributed by atoms with van der Waals surface area (Å²) in [6, 6.07) is 0. The minimum Gasteiger partial charge on any atom is -0.380 e. The minimum atomic E-state index is 0.394. The summed E-state index contributed by atoms with van der Waals surface area (Å²) in [4.78, 5) is 2.67. The summed E-state index contributed by atoms with van der Waals surface area (Å²) >= 11 is 0. The molecule has 2 unspecified atom stereocenters. The van der Waals surface area contributed by atoms with Gasteiger partial charge in [0, 0.05) is 12.1 Å². The molecule has 0 aliphatic carbocycles. The Hall–Kier alpha value is -0.0800. The highest BCUT2D eigenvalue weighted by molar-refractivity contribution is 4.98. The lowest BCUT2D eigenvalue weighted by Gasteiger charge is -2.52. The third-order valence-corrected chi connectivity index (χ3v) is 4.26. The third-order valence-electron chi connectivity index (χ3n) is 4.26. The Morgan fingerprint density at radius 3 is 3.00 bits per heavy atom. The summed E-state index contributed by atoms with van der Waals surface area (Å²) in [6.45, 7) is 9.12. The Morgan fingerprint density at radius 2 is 2.29 bits per heavy atom. The van der Waals surface area contributed by atoms with E-state index in [9.17, 15) is 0 Å². The van der Waals surface area contributed by atoms with Crippen LogP contribution in [0.25, 0.3) is 0 Å². The molecule has 0 aromatic heterocycles. The van der Waals surface area contributed by atoms with E-state index in [1.54, 1.807) is 0 Å². The smallest absolute Gasteiger partial charge is 0.0653 e. The first-order valence-electron chi connectivity index (χ1n) is 6.12. The van der Waals surface area contributed by atoms with Crippen molar-refractivity contribution in [1.29, 1.82) is 0 Å². The SMILES string of the molecule is CCN1CCCCC12COCCC2C. The third kappa shape index (κ3) is 1.59. The van der Waals surface area contributed by atoms with Crippen molar-refractivity contribution < 1.29 is 4.74 Å². The highest BCUT2D eigenvalue weighted by Crippen LogP contribution is 2.38. The van der Waals surface area contributed by atoms with E-state index in [0.29, 0.717) is 5.54 Å². The first-order valence-corrected chi connectivity index (χ1v) is 6.12. The molecule has 0 aromatic carbocycles. The van der Waals surface area contributed by atoms with E-state index >= 15 is 0 Å². The molecule has 1 spiro atoms. The van der Waals surface area contributed by atoms with E-state index in [1.165, 1.54) is 38.8 Å². The molecule has 2 saturated heterocycles. The molecule has 2 aliphatic rings. The topological polar surface area (TPSA) is 12.5 Å². The first kappa shape index (κ1) is 10.4. The van der Waals surface area contributed by atoms with E-state index in [1.807, 2.05) is 0 Å². The molecular weight excluding hydrogens is 174 g/mol. The van der Waals surface area contributed by atoms with Crippen molar-refractivity contribution in [2.75, 3.05) is 26.3 Å². The molecule has 2 fully saturated rings. The standard InChI is InChI=1S/C12H23NO/c1-3-13-8-5-4-7-12(13)10-14-9-6-11(12)2/h11H,3-10H2,1-2H3. The lowest BCUT2D eigenvalue weighted by atomic mass is 9.74. The monoisotopic (exact) mass is 197 g/mol. The van der Waals surface area contributed by atoms with Crippen molar-refractivity contribution >= 4 is 0 Å². The van der Waals surface area contributed by atoms with E-state index in [2.05, 4.69) is 18.7 Å². The molecule has 82 valence electrons. The van der Waals surface area contributed by atoms with Gasteiger partial charge in [0.1, 0.15) is 0 Å². The van der Waals surface area contributed by atoms with Crippen molar-refractivity contribution in [2.24, 2.45) is 5.92 Å². The Morgan fingerprint density at radius 1 is 1.43 bits per heavy atom. The average molecular weight is 197 g/mol. The van der Waals surface area contributed by atoms with E-state index in [-0.39, 0.29) is 0 Å². The average Bonchev–Trinajstić information content (AvgIpc) is 2.23. The fourth-order valence-corrected chi connectivity index (χ4v) is 3.23. The van der Waals surface area contributed by atoms with Crippen LogP contribution in [0.1, 0.15) is 39.5 Å². The zero-order valence-electron chi connectivity index (χ0n) is 9.59. The number of likely N-dealkylation sites (N-methyl/N-ethyl adjacent to an activating group) is 1. The van der Waals surface area contributed by atoms with Crippen molar-refractivity contribution in [1.82, 2.24) is 4.90 Å². The maximum atomic E-state index is 5.72. The number of nitrogens with zero attached hydrogens (tertiary/aromatic N) is 1. The second kappa shape index (κ2) is 4.19. The predicted octanol–water partition coefficient (Wildman–Crippen LogP) is 2.29. The molecule has 14 heavy (non-hydrogen) atoms. The van der Waals surface area contributed by atoms with Crippen LogP contribution < -0.4 is 0 Å². The number of piperidine rings is 1. The second-order valence-corrected chi connectivity index (χ2v) is 4.88. The van der Waals surface area contributed by atoms with Crippen molar-refractivity contribution in [2.45, 2.75) is 45.1 Å². The van der Waals surface area contributed by atoms with Gasteiger partial charge < -0.3 is 4.74 Å². The number of hydrogen-bond donors (Lipinski definition) is 0. The number of rotatable bonds is 1. The molecule has 0 aromatic rings. The van der Waals surface area contributed by atoms with Crippen LogP contribution in [-0.2, 0) is 4.74 Å². The molecular formula is C12H23NO. The molecule has 2 heterocycles. The summed E-state index contributed by atoms with van der Waals surface area (Å²) in [6.07, 6.45) is 5.37. The zero-order valence-corrected chi connectivity index (χ0v) is 9.59. The Bertz CT molecular complexity index is 189. The quantitative estimate of drug-likeness (QED) is 0.639. The van der Waals surface area contributed by atoms with Gasteiger partial charge in [0.15, 0.2) is 0 Å². The van der Waals surface area contributed by atoms with Gasteiger partial charge in [-0.3, -0.25) is 4.90 Å². The molecule has 0 saturated carbocycles. The minimum absolute atomic E-state index is 0.394. The zero-order chi connectivity index (χ0) is 10.0. The summed E-state index contributed by atoms with van der Waals surface area (Å²) in [5.74, 6) is 0.816. The van der Waals surface area contributed by atoms with Gasteiger partial charge in [-0.25, -0.2) is 0 Å². The van der Waals surface area contributed by atoms with Gasteiger partial charge in [0.2, 0.25) is 0 Å². The van der Waals surface area contributed by atoms with Gasteiger partial charge in [0.25, 0.3) is 0 Å². The summed E-state index contributed by atoms with van der Waals surface area (Å²) in [7, 11) is 0. The van der Waals surface area contributed by atoms with Gasteiger partial charge in [0.05, 0.1) is 6.61 Å². The largest absolute Gasteiger partial charge is 0.380 e. The molecule has 2 heteroatoms. The van der Waals surface area contributed by atoms with Gasteiger partial charge in [-0.2, -0.15) is 0 Å². The molecule has 0 N–H and O–H groups in total. The summed E-state index contributed by atoms with van der Waals surface area (Å²) in [5.41, 5.74) is 0.394. The summed E-state index contributed by atoms with van der Waals surface area (Å²) in [5, 5.41) is 0. The highest BCUT2D eigenvalue weighted by atomic mass is 16.5. The van der Waals surface area contributed by atoms with E-state index in [4.69, 9.17) is 4.74 Å². The molecule has 2 aliphatic heterocycles. The molecule has 0 radical (unpaired) electrons. The Kier molecular flexibility index (Phi) is 3.13. The Labute approximate surface area is 87.6 Å². The molecule has 0 amide bonds. The number of hydrogen-bond acceptors (Lipinski definition) is 2. The highest BCUT2D eigenvalue weighted by Gasteiger charge is 2.44. The van der Waals surface area contributed by atoms with Crippen LogP contribution in [0.2, 0.25) is 0 Å². The van der Waals surface area contributed by atoms with Gasteiger partial charge in [-0.15, -0.1) is 0 Å². The van der Waals surface area contributed by atoms with Crippen LogP contribution in [-0.4, -0.2) is 36.7 Å². The fourth-order valence-electron chi connectivity index (χ4n) is 3.23. The second-order valence-electron chi connectivity index (χ2n) is 4.88. The lowest BCUT2D eigenvalue weighted by molar-refractivity contribution is -0.0990. The maximum absolute atomic E-state index is 5.72. The van der Waals surface area contributed by atoms with Crippen LogP contribution in [0.15, 0.2) is 0 Å². The summed E-state index contributed by atoms with van der Waals surface area (Å²) < 4.78 is 5.72. The molecule has 0 bridgehead atoms. The molecule has 2 atom stereocenters. The number of likely N-dealkylation sites (tertiary alicyclic amines) is 1. The Balaban J connectivity index is 2.15. The number of ether oxygens (including phenoxy) is 1. The van der Waals surface area contributed by atoms with E-state index < -0.39 is 0 Å². The van der Waals surface area contributed by atoms with Crippen LogP contribution in [0.4, 0.5) is 0 Å². The van der Waals surface area contributed by atoms with Crippen LogP contribution in [0.3, 0.4) is 0 Å². The molecule has 2 rings (SSSR count). The molecule has 2 nitrogen and oxygen atoms in total. The maximum Gasteiger partial charge on any atom is 0.0653 e. The van der Waals surface area contributed by atoms with Crippen LogP contribution >= 0.6 is 0 Å². The normalized spacial score (nSPS) is 40.3.